The zero-order valence-electron chi connectivity index (χ0n) is 7.99. The number of hydrogen-bond acceptors (Lipinski definition) is 2. The first-order valence-electron chi connectivity index (χ1n) is 4.64. The maximum atomic E-state index is 13.7. The predicted octanol–water partition coefficient (Wildman–Crippen LogP) is 2.47. The summed E-state index contributed by atoms with van der Waals surface area (Å²) < 4.78 is 43.5. The largest absolute Gasteiger partial charge is 0.464 e. The highest BCUT2D eigenvalue weighted by Gasteiger charge is 2.49. The number of alkyl halides is 3. The third-order valence-electron chi connectivity index (χ3n) is 2.42. The first kappa shape index (κ1) is 11.3. The molecule has 2 nitrogen and oxygen atoms in total. The summed E-state index contributed by atoms with van der Waals surface area (Å²) in [7, 11) is 0. The molecule has 0 aromatic carbocycles. The molecule has 0 bridgehead atoms. The predicted molar refractivity (Wildman–Crippen MR) is 43.9 cm³/mol. The summed E-state index contributed by atoms with van der Waals surface area (Å²) in [5, 5.41) is 0. The maximum absolute atomic E-state index is 13.7. The topological polar surface area (TPSA) is 26.3 Å². The van der Waals surface area contributed by atoms with Crippen molar-refractivity contribution in [3.05, 3.63) is 0 Å². The van der Waals surface area contributed by atoms with Crippen LogP contribution in [0.25, 0.3) is 0 Å². The van der Waals surface area contributed by atoms with E-state index in [9.17, 15) is 18.0 Å². The molecule has 0 N–H and O–H groups in total. The second-order valence-corrected chi connectivity index (χ2v) is 3.54. The Balaban J connectivity index is 2.57. The van der Waals surface area contributed by atoms with Crippen LogP contribution in [0.3, 0.4) is 0 Å². The standard InChI is InChI=1S/C9H13F3O2/c1-2-14-7(13)8(10)3-5-9(11,12)6-4-8/h2-6H2,1H3. The van der Waals surface area contributed by atoms with Crippen molar-refractivity contribution in [1.82, 2.24) is 0 Å². The van der Waals surface area contributed by atoms with Crippen molar-refractivity contribution in [2.45, 2.75) is 44.2 Å². The fraction of sp³-hybridized carbons (Fsp3) is 0.889. The molecule has 0 amide bonds. The van der Waals surface area contributed by atoms with E-state index in [0.29, 0.717) is 0 Å². The second-order valence-electron chi connectivity index (χ2n) is 3.54. The van der Waals surface area contributed by atoms with Crippen LogP contribution in [0.5, 0.6) is 0 Å². The smallest absolute Gasteiger partial charge is 0.343 e. The van der Waals surface area contributed by atoms with Gasteiger partial charge in [-0.1, -0.05) is 0 Å². The van der Waals surface area contributed by atoms with E-state index in [4.69, 9.17) is 0 Å². The van der Waals surface area contributed by atoms with Gasteiger partial charge in [0.15, 0.2) is 0 Å². The molecule has 0 heterocycles. The van der Waals surface area contributed by atoms with E-state index in [1.165, 1.54) is 0 Å². The average Bonchev–Trinajstić information content (AvgIpc) is 2.11. The highest BCUT2D eigenvalue weighted by Crippen LogP contribution is 2.41. The summed E-state index contributed by atoms with van der Waals surface area (Å²) in [6.45, 7) is 1.62. The minimum atomic E-state index is -2.83. The number of ether oxygens (including phenoxy) is 1. The molecule has 5 heteroatoms. The Morgan fingerprint density at radius 1 is 1.21 bits per heavy atom. The zero-order valence-corrected chi connectivity index (χ0v) is 7.99. The average molecular weight is 210 g/mol. The van der Waals surface area contributed by atoms with E-state index in [-0.39, 0.29) is 6.61 Å². The highest BCUT2D eigenvalue weighted by molar-refractivity contribution is 5.79. The molecule has 1 rings (SSSR count). The van der Waals surface area contributed by atoms with E-state index in [1.54, 1.807) is 6.92 Å². The first-order valence-corrected chi connectivity index (χ1v) is 4.64. The quantitative estimate of drug-likeness (QED) is 0.654. The number of carbonyl (C=O) groups is 1. The lowest BCUT2D eigenvalue weighted by atomic mass is 9.84. The van der Waals surface area contributed by atoms with Crippen molar-refractivity contribution in [1.29, 1.82) is 0 Å². The highest BCUT2D eigenvalue weighted by atomic mass is 19.3. The fourth-order valence-electron chi connectivity index (χ4n) is 1.48. The van der Waals surface area contributed by atoms with Gasteiger partial charge in [-0.05, 0) is 19.8 Å². The van der Waals surface area contributed by atoms with Gasteiger partial charge in [-0.2, -0.15) is 0 Å². The van der Waals surface area contributed by atoms with Gasteiger partial charge >= 0.3 is 5.97 Å². The molecule has 0 spiro atoms. The zero-order chi connectivity index (χ0) is 10.8. The van der Waals surface area contributed by atoms with Gasteiger partial charge in [0.25, 0.3) is 0 Å². The molecule has 1 saturated carbocycles. The van der Waals surface area contributed by atoms with Crippen LogP contribution in [-0.4, -0.2) is 24.2 Å². The summed E-state index contributed by atoms with van der Waals surface area (Å²) in [6.07, 6.45) is -2.05. The van der Waals surface area contributed by atoms with Crippen molar-refractivity contribution in [2.24, 2.45) is 0 Å². The number of rotatable bonds is 2. The van der Waals surface area contributed by atoms with Crippen molar-refractivity contribution in [2.75, 3.05) is 6.61 Å². The van der Waals surface area contributed by atoms with Crippen molar-refractivity contribution < 1.29 is 22.7 Å². The second kappa shape index (κ2) is 3.79. The summed E-state index contributed by atoms with van der Waals surface area (Å²) in [4.78, 5) is 11.1. The molecule has 0 aliphatic heterocycles. The van der Waals surface area contributed by atoms with E-state index < -0.39 is 43.2 Å². The molecule has 1 fully saturated rings. The maximum Gasteiger partial charge on any atom is 0.343 e. The van der Waals surface area contributed by atoms with Gasteiger partial charge in [0.05, 0.1) is 6.61 Å². The van der Waals surface area contributed by atoms with Crippen LogP contribution in [0.15, 0.2) is 0 Å². The Kier molecular flexibility index (Phi) is 3.07. The molecule has 0 atom stereocenters. The lowest BCUT2D eigenvalue weighted by Crippen LogP contribution is -2.42. The van der Waals surface area contributed by atoms with E-state index in [0.717, 1.165) is 0 Å². The van der Waals surface area contributed by atoms with Crippen LogP contribution < -0.4 is 0 Å². The van der Waals surface area contributed by atoms with E-state index in [2.05, 4.69) is 4.74 Å². The Bertz CT molecular complexity index is 218. The fourth-order valence-corrected chi connectivity index (χ4v) is 1.48. The van der Waals surface area contributed by atoms with Crippen LogP contribution in [-0.2, 0) is 9.53 Å². The van der Waals surface area contributed by atoms with Crippen molar-refractivity contribution in [3.63, 3.8) is 0 Å². The Labute approximate surface area is 80.4 Å². The van der Waals surface area contributed by atoms with E-state index >= 15 is 0 Å². The van der Waals surface area contributed by atoms with Gasteiger partial charge in [0.2, 0.25) is 11.6 Å². The van der Waals surface area contributed by atoms with Gasteiger partial charge in [0, 0.05) is 12.8 Å². The first-order chi connectivity index (χ1) is 6.40. The van der Waals surface area contributed by atoms with Gasteiger partial charge in [-0.15, -0.1) is 0 Å². The summed E-state index contributed by atoms with van der Waals surface area (Å²) in [6, 6.07) is 0. The summed E-state index contributed by atoms with van der Waals surface area (Å²) >= 11 is 0. The molecule has 14 heavy (non-hydrogen) atoms. The summed E-state index contributed by atoms with van der Waals surface area (Å²) in [5.74, 6) is -3.84. The molecule has 0 saturated heterocycles. The van der Waals surface area contributed by atoms with Crippen molar-refractivity contribution >= 4 is 5.97 Å². The Morgan fingerprint density at radius 3 is 2.14 bits per heavy atom. The van der Waals surface area contributed by atoms with Crippen molar-refractivity contribution in [3.8, 4) is 0 Å². The van der Waals surface area contributed by atoms with Crippen LogP contribution in [0.2, 0.25) is 0 Å². The molecule has 0 radical (unpaired) electrons. The molecule has 0 unspecified atom stereocenters. The number of halogens is 3. The molecular weight excluding hydrogens is 197 g/mol. The third-order valence-corrected chi connectivity index (χ3v) is 2.42. The van der Waals surface area contributed by atoms with Gasteiger partial charge < -0.3 is 4.74 Å². The van der Waals surface area contributed by atoms with Crippen LogP contribution >= 0.6 is 0 Å². The monoisotopic (exact) mass is 210 g/mol. The minimum Gasteiger partial charge on any atom is -0.464 e. The Morgan fingerprint density at radius 2 is 1.71 bits per heavy atom. The van der Waals surface area contributed by atoms with Gasteiger partial charge in [0.1, 0.15) is 0 Å². The minimum absolute atomic E-state index is 0.0703. The molecule has 0 aromatic heterocycles. The van der Waals surface area contributed by atoms with Gasteiger partial charge in [-0.3, -0.25) is 0 Å². The SMILES string of the molecule is CCOC(=O)C1(F)CCC(F)(F)CC1. The number of hydrogen-bond donors (Lipinski definition) is 0. The molecular formula is C9H13F3O2. The number of esters is 1. The van der Waals surface area contributed by atoms with Gasteiger partial charge in [-0.25, -0.2) is 18.0 Å². The lowest BCUT2D eigenvalue weighted by Gasteiger charge is -2.31. The lowest BCUT2D eigenvalue weighted by molar-refractivity contribution is -0.165. The van der Waals surface area contributed by atoms with Crippen LogP contribution in [0.4, 0.5) is 13.2 Å². The van der Waals surface area contributed by atoms with Crippen LogP contribution in [0.1, 0.15) is 32.6 Å². The molecule has 1 aliphatic carbocycles. The molecule has 82 valence electrons. The summed E-state index contributed by atoms with van der Waals surface area (Å²) in [5.41, 5.74) is -2.20. The third kappa shape index (κ3) is 2.39. The molecule has 0 aromatic rings. The van der Waals surface area contributed by atoms with E-state index in [1.807, 2.05) is 0 Å². The van der Waals surface area contributed by atoms with Crippen LogP contribution in [0, 0.1) is 0 Å². The normalized spacial score (nSPS) is 24.3. The number of carbonyl (C=O) groups excluding carboxylic acids is 1. The Hall–Kier alpha value is -0.740. The molecule has 1 aliphatic rings.